The van der Waals surface area contributed by atoms with Crippen LogP contribution in [-0.4, -0.2) is 31.9 Å². The van der Waals surface area contributed by atoms with Crippen LogP contribution in [0.15, 0.2) is 54.9 Å². The zero-order chi connectivity index (χ0) is 22.7. The Labute approximate surface area is 193 Å². The van der Waals surface area contributed by atoms with E-state index in [9.17, 15) is 18.0 Å². The van der Waals surface area contributed by atoms with Gasteiger partial charge in [0, 0.05) is 28.5 Å². The fourth-order valence-corrected chi connectivity index (χ4v) is 6.79. The van der Waals surface area contributed by atoms with E-state index < -0.39 is 21.6 Å². The van der Waals surface area contributed by atoms with E-state index in [0.29, 0.717) is 28.4 Å². The first kappa shape index (κ1) is 20.5. The highest BCUT2D eigenvalue weighted by molar-refractivity contribution is 8.15. The average molecular weight is 483 g/mol. The van der Waals surface area contributed by atoms with E-state index in [1.807, 2.05) is 17.0 Å². The maximum atomic E-state index is 12.8. The van der Waals surface area contributed by atoms with Gasteiger partial charge in [0.1, 0.15) is 12.2 Å². The third-order valence-corrected chi connectivity index (χ3v) is 8.42. The summed E-state index contributed by atoms with van der Waals surface area (Å²) >= 11 is 1.22. The van der Waals surface area contributed by atoms with E-state index in [0.717, 1.165) is 35.2 Å². The van der Waals surface area contributed by atoms with Crippen molar-refractivity contribution in [2.75, 3.05) is 17.2 Å². The lowest BCUT2D eigenvalue weighted by Gasteiger charge is -2.22. The SMILES string of the molecule is O=C(OCc1cc(=O)oc2cc3c(cc12)CCC3)c1ccc2c(c1)SC1=NS(=O)(=O)CCN12. The molecule has 1 aliphatic carbocycles. The molecule has 0 fully saturated rings. The molecule has 0 atom stereocenters. The number of fused-ring (bicyclic) bond motifs is 5. The van der Waals surface area contributed by atoms with Gasteiger partial charge in [-0.2, -0.15) is 0 Å². The Hall–Kier alpha value is -3.11. The van der Waals surface area contributed by atoms with Crippen LogP contribution in [-0.2, 0) is 34.2 Å². The number of aryl methyl sites for hydroxylation is 2. The number of anilines is 1. The van der Waals surface area contributed by atoms with Crippen molar-refractivity contribution < 1.29 is 22.4 Å². The number of benzene rings is 2. The smallest absolute Gasteiger partial charge is 0.338 e. The number of nitrogens with zero attached hydrogens (tertiary/aromatic N) is 2. The van der Waals surface area contributed by atoms with Gasteiger partial charge in [0.2, 0.25) is 0 Å². The third-order valence-electron chi connectivity index (χ3n) is 6.11. The minimum Gasteiger partial charge on any atom is -0.457 e. The van der Waals surface area contributed by atoms with Gasteiger partial charge in [0.05, 0.1) is 17.0 Å². The van der Waals surface area contributed by atoms with Crippen LogP contribution in [0.3, 0.4) is 0 Å². The number of thioether (sulfide) groups is 1. The second kappa shape index (κ2) is 7.46. The number of esters is 1. The number of hydrogen-bond donors (Lipinski definition) is 0. The molecule has 0 amide bonds. The molecule has 0 saturated heterocycles. The zero-order valence-electron chi connectivity index (χ0n) is 17.4. The van der Waals surface area contributed by atoms with Crippen LogP contribution in [0, 0.1) is 0 Å². The van der Waals surface area contributed by atoms with Gasteiger partial charge in [-0.1, -0.05) is 0 Å². The average Bonchev–Trinajstić information content (AvgIpc) is 3.37. The van der Waals surface area contributed by atoms with Crippen molar-refractivity contribution in [1.29, 1.82) is 0 Å². The summed E-state index contributed by atoms with van der Waals surface area (Å²) in [7, 11) is -3.45. The number of carbonyl (C=O) groups excluding carboxylic acids is 1. The Bertz CT molecular complexity index is 1540. The van der Waals surface area contributed by atoms with Gasteiger partial charge in [-0.15, -0.1) is 4.40 Å². The fourth-order valence-electron chi connectivity index (χ4n) is 4.50. The van der Waals surface area contributed by atoms with Gasteiger partial charge in [0.25, 0.3) is 10.0 Å². The monoisotopic (exact) mass is 482 g/mol. The maximum absolute atomic E-state index is 12.8. The predicted molar refractivity (Wildman–Crippen MR) is 124 cm³/mol. The summed E-state index contributed by atoms with van der Waals surface area (Å²) in [6.45, 7) is 0.277. The molecule has 168 valence electrons. The summed E-state index contributed by atoms with van der Waals surface area (Å²) in [4.78, 5) is 27.4. The zero-order valence-corrected chi connectivity index (χ0v) is 19.0. The van der Waals surface area contributed by atoms with E-state index in [1.54, 1.807) is 18.2 Å². The first-order valence-corrected chi connectivity index (χ1v) is 13.0. The molecule has 0 bridgehead atoms. The fraction of sp³-hybridized carbons (Fsp3) is 0.261. The first-order valence-electron chi connectivity index (χ1n) is 10.5. The topological polar surface area (TPSA) is 106 Å². The number of carbonyl (C=O) groups is 1. The Morgan fingerprint density at radius 3 is 2.82 bits per heavy atom. The molecule has 2 aliphatic heterocycles. The van der Waals surface area contributed by atoms with Gasteiger partial charge in [0.15, 0.2) is 5.17 Å². The first-order chi connectivity index (χ1) is 15.9. The van der Waals surface area contributed by atoms with Gasteiger partial charge in [-0.25, -0.2) is 18.0 Å². The van der Waals surface area contributed by atoms with Gasteiger partial charge < -0.3 is 14.1 Å². The lowest BCUT2D eigenvalue weighted by Crippen LogP contribution is -2.35. The van der Waals surface area contributed by atoms with Crippen molar-refractivity contribution in [3.05, 3.63) is 69.1 Å². The molecular weight excluding hydrogens is 464 g/mol. The van der Waals surface area contributed by atoms with Crippen LogP contribution in [0.25, 0.3) is 11.0 Å². The molecule has 3 aromatic rings. The molecule has 2 aromatic carbocycles. The second-order valence-corrected chi connectivity index (χ2v) is 11.0. The number of ether oxygens (including phenoxy) is 1. The van der Waals surface area contributed by atoms with E-state index in [2.05, 4.69) is 4.40 Å². The van der Waals surface area contributed by atoms with E-state index in [1.165, 1.54) is 29.0 Å². The molecule has 0 spiro atoms. The highest BCUT2D eigenvalue weighted by Gasteiger charge is 2.33. The van der Waals surface area contributed by atoms with Gasteiger partial charge in [-0.3, -0.25) is 0 Å². The summed E-state index contributed by atoms with van der Waals surface area (Å²) in [5.74, 6) is -0.567. The molecule has 3 aliphatic rings. The molecule has 10 heteroatoms. The van der Waals surface area contributed by atoms with Crippen molar-refractivity contribution in [2.45, 2.75) is 30.8 Å². The molecule has 3 heterocycles. The summed E-state index contributed by atoms with van der Waals surface area (Å²) in [5, 5.41) is 1.18. The van der Waals surface area contributed by atoms with Crippen LogP contribution in [0.4, 0.5) is 5.69 Å². The van der Waals surface area contributed by atoms with Crippen LogP contribution >= 0.6 is 11.8 Å². The van der Waals surface area contributed by atoms with Crippen LogP contribution < -0.4 is 10.5 Å². The predicted octanol–water partition coefficient (Wildman–Crippen LogP) is 3.25. The largest absolute Gasteiger partial charge is 0.457 e. The Balaban J connectivity index is 1.25. The molecular formula is C23H18N2O6S2. The standard InChI is InChI=1S/C23H18N2O6S2/c26-21-11-16(17-8-13-2-1-3-14(13)9-19(17)31-21)12-30-22(27)15-4-5-18-20(10-15)32-23-24-33(28,29)7-6-25(18)23/h4-5,8-11H,1-3,6-7,12H2. The molecule has 0 unspecified atom stereocenters. The molecule has 33 heavy (non-hydrogen) atoms. The molecule has 0 radical (unpaired) electrons. The Kier molecular flexibility index (Phi) is 4.63. The normalized spacial score (nSPS) is 17.9. The third kappa shape index (κ3) is 3.63. The molecule has 1 aromatic heterocycles. The van der Waals surface area contributed by atoms with Crippen molar-refractivity contribution in [2.24, 2.45) is 4.40 Å². The van der Waals surface area contributed by atoms with E-state index in [-0.39, 0.29) is 12.4 Å². The minimum absolute atomic E-state index is 0.0392. The van der Waals surface area contributed by atoms with E-state index in [4.69, 9.17) is 9.15 Å². The van der Waals surface area contributed by atoms with Gasteiger partial charge >= 0.3 is 11.6 Å². The summed E-state index contributed by atoms with van der Waals surface area (Å²) in [6, 6.07) is 10.4. The van der Waals surface area contributed by atoms with E-state index >= 15 is 0 Å². The van der Waals surface area contributed by atoms with Crippen LogP contribution in [0.1, 0.15) is 33.5 Å². The van der Waals surface area contributed by atoms with Gasteiger partial charge in [-0.05, 0) is 72.5 Å². The molecule has 8 nitrogen and oxygen atoms in total. The molecule has 0 saturated carbocycles. The number of hydrogen-bond acceptors (Lipinski definition) is 8. The number of amidine groups is 1. The minimum atomic E-state index is -3.45. The summed E-state index contributed by atoms with van der Waals surface area (Å²) < 4.78 is 38.3. The summed E-state index contributed by atoms with van der Waals surface area (Å²) in [5.41, 5.74) is 4.24. The van der Waals surface area contributed by atoms with Crippen molar-refractivity contribution in [1.82, 2.24) is 0 Å². The number of sulfonamides is 1. The number of rotatable bonds is 3. The lowest BCUT2D eigenvalue weighted by molar-refractivity contribution is 0.0473. The van der Waals surface area contributed by atoms with Crippen LogP contribution in [0.5, 0.6) is 0 Å². The molecule has 0 N–H and O–H groups in total. The highest BCUT2D eigenvalue weighted by Crippen LogP contribution is 2.42. The second-order valence-electron chi connectivity index (χ2n) is 8.23. The lowest BCUT2D eigenvalue weighted by atomic mass is 10.0. The molecule has 6 rings (SSSR count). The van der Waals surface area contributed by atoms with Crippen molar-refractivity contribution in [3.63, 3.8) is 0 Å². The maximum Gasteiger partial charge on any atom is 0.338 e. The van der Waals surface area contributed by atoms with Crippen LogP contribution in [0.2, 0.25) is 0 Å². The quantitative estimate of drug-likeness (QED) is 0.414. The highest BCUT2D eigenvalue weighted by atomic mass is 32.2. The summed E-state index contributed by atoms with van der Waals surface area (Å²) in [6.07, 6.45) is 3.03. The Morgan fingerprint density at radius 1 is 1.15 bits per heavy atom. The van der Waals surface area contributed by atoms with Crippen molar-refractivity contribution >= 4 is 49.6 Å². The van der Waals surface area contributed by atoms with Crippen molar-refractivity contribution in [3.8, 4) is 0 Å². The Morgan fingerprint density at radius 2 is 1.97 bits per heavy atom.